The molecular formula is C12H20. The summed E-state index contributed by atoms with van der Waals surface area (Å²) in [6, 6.07) is 0. The molecule has 0 atom stereocenters. The number of allylic oxidation sites excluding steroid dienone is 3. The average Bonchev–Trinajstić information content (AvgIpc) is 2.30. The van der Waals surface area contributed by atoms with Crippen molar-refractivity contribution in [2.75, 3.05) is 0 Å². The second kappa shape index (κ2) is 4.49. The lowest BCUT2D eigenvalue weighted by molar-refractivity contribution is 0.700. The van der Waals surface area contributed by atoms with Crippen LogP contribution in [0.2, 0.25) is 0 Å². The summed E-state index contributed by atoms with van der Waals surface area (Å²) in [5.74, 6) is 0.620. The maximum atomic E-state index is 4.15. The highest BCUT2D eigenvalue weighted by Gasteiger charge is 2.08. The molecule has 0 fully saturated rings. The van der Waals surface area contributed by atoms with E-state index in [1.807, 2.05) is 0 Å². The molecule has 0 spiro atoms. The van der Waals surface area contributed by atoms with Crippen molar-refractivity contribution < 1.29 is 0 Å². The third-order valence-corrected chi connectivity index (χ3v) is 2.65. The Morgan fingerprint density at radius 2 is 2.08 bits per heavy atom. The zero-order valence-corrected chi connectivity index (χ0v) is 8.40. The topological polar surface area (TPSA) is 0 Å². The lowest BCUT2D eigenvalue weighted by atomic mass is 9.94. The van der Waals surface area contributed by atoms with Gasteiger partial charge in [-0.05, 0) is 42.7 Å². The second-order valence-electron chi connectivity index (χ2n) is 4.01. The van der Waals surface area contributed by atoms with Gasteiger partial charge in [0.15, 0.2) is 0 Å². The van der Waals surface area contributed by atoms with Crippen LogP contribution in [0.1, 0.15) is 46.0 Å². The first-order valence-corrected chi connectivity index (χ1v) is 5.10. The van der Waals surface area contributed by atoms with Gasteiger partial charge in [0, 0.05) is 0 Å². The van der Waals surface area contributed by atoms with Crippen molar-refractivity contribution in [2.24, 2.45) is 5.92 Å². The van der Waals surface area contributed by atoms with E-state index < -0.39 is 0 Å². The van der Waals surface area contributed by atoms with Crippen molar-refractivity contribution in [1.82, 2.24) is 0 Å². The standard InChI is InChI=1S/C12H20/c1-10(2)11(3)12-8-6-4-5-7-9-12/h8,10H,3-7,9H2,1-2H3. The van der Waals surface area contributed by atoms with Gasteiger partial charge in [-0.25, -0.2) is 0 Å². The summed E-state index contributed by atoms with van der Waals surface area (Å²) >= 11 is 0. The van der Waals surface area contributed by atoms with Crippen molar-refractivity contribution in [3.8, 4) is 0 Å². The fourth-order valence-electron chi connectivity index (χ4n) is 1.68. The Labute approximate surface area is 76.4 Å². The van der Waals surface area contributed by atoms with Crippen LogP contribution in [0.3, 0.4) is 0 Å². The van der Waals surface area contributed by atoms with E-state index in [1.165, 1.54) is 43.3 Å². The molecule has 0 radical (unpaired) electrons. The molecular weight excluding hydrogens is 144 g/mol. The van der Waals surface area contributed by atoms with Crippen molar-refractivity contribution in [2.45, 2.75) is 46.0 Å². The van der Waals surface area contributed by atoms with E-state index >= 15 is 0 Å². The molecule has 0 N–H and O–H groups in total. The molecule has 0 saturated heterocycles. The highest BCUT2D eigenvalue weighted by atomic mass is 14.1. The van der Waals surface area contributed by atoms with Gasteiger partial charge < -0.3 is 0 Å². The maximum Gasteiger partial charge on any atom is -0.0222 e. The third kappa shape index (κ3) is 2.51. The molecule has 68 valence electrons. The van der Waals surface area contributed by atoms with Gasteiger partial charge >= 0.3 is 0 Å². The van der Waals surface area contributed by atoms with Crippen LogP contribution >= 0.6 is 0 Å². The molecule has 0 saturated carbocycles. The molecule has 1 aliphatic rings. The third-order valence-electron chi connectivity index (χ3n) is 2.65. The Balaban J connectivity index is 2.59. The van der Waals surface area contributed by atoms with Crippen LogP contribution in [0.5, 0.6) is 0 Å². The summed E-state index contributed by atoms with van der Waals surface area (Å²) in [6.07, 6.45) is 9.05. The Morgan fingerprint density at radius 1 is 1.33 bits per heavy atom. The molecule has 0 aromatic rings. The Bertz CT molecular complexity index is 184. The van der Waals surface area contributed by atoms with E-state index in [0.717, 1.165) is 0 Å². The summed E-state index contributed by atoms with van der Waals surface area (Å²) < 4.78 is 0. The van der Waals surface area contributed by atoms with Gasteiger partial charge in [0.2, 0.25) is 0 Å². The second-order valence-corrected chi connectivity index (χ2v) is 4.01. The zero-order chi connectivity index (χ0) is 8.97. The quantitative estimate of drug-likeness (QED) is 0.576. The summed E-state index contributed by atoms with van der Waals surface area (Å²) in [5.41, 5.74) is 2.89. The lowest BCUT2D eigenvalue weighted by Crippen LogP contribution is -1.96. The fourth-order valence-corrected chi connectivity index (χ4v) is 1.68. The Kier molecular flexibility index (Phi) is 3.58. The molecule has 1 rings (SSSR count). The minimum Gasteiger partial charge on any atom is -0.0953 e. The van der Waals surface area contributed by atoms with Crippen molar-refractivity contribution in [3.05, 3.63) is 23.8 Å². The molecule has 0 bridgehead atoms. The van der Waals surface area contributed by atoms with E-state index in [0.29, 0.717) is 5.92 Å². The van der Waals surface area contributed by atoms with E-state index in [4.69, 9.17) is 0 Å². The summed E-state index contributed by atoms with van der Waals surface area (Å²) in [5, 5.41) is 0. The van der Waals surface area contributed by atoms with Gasteiger partial charge in [-0.15, -0.1) is 0 Å². The molecule has 0 amide bonds. The smallest absolute Gasteiger partial charge is 0.0222 e. The monoisotopic (exact) mass is 164 g/mol. The van der Waals surface area contributed by atoms with E-state index in [2.05, 4.69) is 26.5 Å². The Hall–Kier alpha value is -0.520. The molecule has 12 heavy (non-hydrogen) atoms. The largest absolute Gasteiger partial charge is 0.0953 e. The first kappa shape index (κ1) is 9.57. The lowest BCUT2D eigenvalue weighted by Gasteiger charge is -2.12. The van der Waals surface area contributed by atoms with Gasteiger partial charge in [0.1, 0.15) is 0 Å². The Morgan fingerprint density at radius 3 is 2.75 bits per heavy atom. The van der Waals surface area contributed by atoms with E-state index in [9.17, 15) is 0 Å². The molecule has 0 heterocycles. The molecule has 1 aliphatic carbocycles. The van der Waals surface area contributed by atoms with Crippen LogP contribution in [-0.2, 0) is 0 Å². The number of rotatable bonds is 2. The van der Waals surface area contributed by atoms with Crippen LogP contribution < -0.4 is 0 Å². The zero-order valence-electron chi connectivity index (χ0n) is 8.40. The highest BCUT2D eigenvalue weighted by Crippen LogP contribution is 2.26. The minimum atomic E-state index is 0.620. The SMILES string of the molecule is C=C(C1=CCCCCC1)C(C)C. The molecule has 0 unspecified atom stereocenters. The normalized spacial score (nSPS) is 18.8. The fraction of sp³-hybridized carbons (Fsp3) is 0.667. The predicted octanol–water partition coefficient (Wildman–Crippen LogP) is 4.09. The number of hydrogen-bond donors (Lipinski definition) is 0. The predicted molar refractivity (Wildman–Crippen MR) is 55.1 cm³/mol. The van der Waals surface area contributed by atoms with E-state index in [-0.39, 0.29) is 0 Å². The van der Waals surface area contributed by atoms with Crippen molar-refractivity contribution >= 4 is 0 Å². The van der Waals surface area contributed by atoms with Crippen LogP contribution in [0.25, 0.3) is 0 Å². The van der Waals surface area contributed by atoms with Crippen molar-refractivity contribution in [3.63, 3.8) is 0 Å². The van der Waals surface area contributed by atoms with Crippen LogP contribution in [0.15, 0.2) is 23.8 Å². The number of hydrogen-bond acceptors (Lipinski definition) is 0. The van der Waals surface area contributed by atoms with Crippen LogP contribution in [0.4, 0.5) is 0 Å². The molecule has 0 nitrogen and oxygen atoms in total. The van der Waals surface area contributed by atoms with Gasteiger partial charge in [-0.2, -0.15) is 0 Å². The van der Waals surface area contributed by atoms with Gasteiger partial charge in [0.25, 0.3) is 0 Å². The van der Waals surface area contributed by atoms with Crippen LogP contribution in [0, 0.1) is 5.92 Å². The van der Waals surface area contributed by atoms with E-state index in [1.54, 1.807) is 0 Å². The highest BCUT2D eigenvalue weighted by molar-refractivity contribution is 5.29. The van der Waals surface area contributed by atoms with Gasteiger partial charge in [0.05, 0.1) is 0 Å². The average molecular weight is 164 g/mol. The van der Waals surface area contributed by atoms with Gasteiger partial charge in [-0.3, -0.25) is 0 Å². The minimum absolute atomic E-state index is 0.620. The first-order valence-electron chi connectivity index (χ1n) is 5.10. The molecule has 0 heteroatoms. The maximum absolute atomic E-state index is 4.15. The summed E-state index contributed by atoms with van der Waals surface area (Å²) in [4.78, 5) is 0. The first-order chi connectivity index (χ1) is 5.72. The molecule has 0 aromatic carbocycles. The van der Waals surface area contributed by atoms with Crippen molar-refractivity contribution in [1.29, 1.82) is 0 Å². The molecule has 0 aliphatic heterocycles. The summed E-state index contributed by atoms with van der Waals surface area (Å²) in [7, 11) is 0. The molecule has 0 aromatic heterocycles. The summed E-state index contributed by atoms with van der Waals surface area (Å²) in [6.45, 7) is 8.61. The van der Waals surface area contributed by atoms with Gasteiger partial charge in [-0.1, -0.05) is 32.9 Å². The van der Waals surface area contributed by atoms with Crippen LogP contribution in [-0.4, -0.2) is 0 Å².